The van der Waals surface area contributed by atoms with Gasteiger partial charge in [0, 0.05) is 24.8 Å². The molecule has 1 aliphatic rings. The summed E-state index contributed by atoms with van der Waals surface area (Å²) < 4.78 is 11.0. The van der Waals surface area contributed by atoms with Crippen molar-refractivity contribution in [2.75, 3.05) is 19.8 Å². The van der Waals surface area contributed by atoms with E-state index in [9.17, 15) is 4.79 Å². The highest BCUT2D eigenvalue weighted by Gasteiger charge is 2.33. The second-order valence-corrected chi connectivity index (χ2v) is 5.54. The number of nitrogens with two attached hydrogens (primary N) is 1. The van der Waals surface area contributed by atoms with Crippen molar-refractivity contribution in [3.63, 3.8) is 0 Å². The molecule has 0 fully saturated rings. The minimum atomic E-state index is -0.276. The molecule has 3 N–H and O–H groups in total. The number of hydrogen-bond donors (Lipinski definition) is 2. The lowest BCUT2D eigenvalue weighted by molar-refractivity contribution is -0.139. The van der Waals surface area contributed by atoms with Crippen LogP contribution in [0, 0.1) is 0 Å². The molecule has 22 heavy (non-hydrogen) atoms. The van der Waals surface area contributed by atoms with E-state index >= 15 is 0 Å². The molecule has 3 atom stereocenters. The van der Waals surface area contributed by atoms with Gasteiger partial charge in [0.2, 0.25) is 0 Å². The van der Waals surface area contributed by atoms with Gasteiger partial charge in [0.25, 0.3) is 0 Å². The van der Waals surface area contributed by atoms with E-state index in [-0.39, 0.29) is 24.2 Å². The zero-order chi connectivity index (χ0) is 16.4. The van der Waals surface area contributed by atoms with Crippen LogP contribution in [0.4, 0.5) is 0 Å². The van der Waals surface area contributed by atoms with E-state index in [1.165, 1.54) is 0 Å². The molecule has 0 aromatic carbocycles. The van der Waals surface area contributed by atoms with Crippen LogP contribution in [0.25, 0.3) is 0 Å². The summed E-state index contributed by atoms with van der Waals surface area (Å²) in [4.78, 5) is 12.0. The lowest BCUT2D eigenvalue weighted by Gasteiger charge is -2.34. The van der Waals surface area contributed by atoms with Crippen LogP contribution in [0.3, 0.4) is 0 Å². The highest BCUT2D eigenvalue weighted by atomic mass is 16.5. The second kappa shape index (κ2) is 10.5. The molecule has 0 aromatic rings. The van der Waals surface area contributed by atoms with Crippen molar-refractivity contribution in [1.29, 1.82) is 0 Å². The molecule has 0 aliphatic heterocycles. The van der Waals surface area contributed by atoms with Crippen LogP contribution in [0.15, 0.2) is 24.3 Å². The lowest BCUT2D eigenvalue weighted by atomic mass is 9.88. The molecule has 0 heterocycles. The predicted molar refractivity (Wildman–Crippen MR) is 88.6 cm³/mol. The Morgan fingerprint density at radius 2 is 2.27 bits per heavy atom. The number of carbonyl (C=O) groups excluding carboxylic acids is 1. The molecule has 0 unspecified atom stereocenters. The molecular formula is C17H30N2O3. The third-order valence-electron chi connectivity index (χ3n) is 3.77. The van der Waals surface area contributed by atoms with Gasteiger partial charge in [-0.05, 0) is 25.8 Å². The largest absolute Gasteiger partial charge is 0.463 e. The molecule has 1 rings (SSSR count). The van der Waals surface area contributed by atoms with Gasteiger partial charge in [-0.3, -0.25) is 0 Å². The van der Waals surface area contributed by atoms with Crippen molar-refractivity contribution in [1.82, 2.24) is 5.32 Å². The number of rotatable bonds is 10. The fourth-order valence-corrected chi connectivity index (χ4v) is 2.53. The van der Waals surface area contributed by atoms with Gasteiger partial charge in [-0.15, -0.1) is 6.58 Å². The minimum Gasteiger partial charge on any atom is -0.463 e. The van der Waals surface area contributed by atoms with E-state index in [0.717, 1.165) is 19.3 Å². The first-order valence-electron chi connectivity index (χ1n) is 8.23. The summed E-state index contributed by atoms with van der Waals surface area (Å²) in [6.45, 7) is 9.34. The van der Waals surface area contributed by atoms with Crippen LogP contribution >= 0.6 is 0 Å². The summed E-state index contributed by atoms with van der Waals surface area (Å²) in [5.41, 5.74) is 6.94. The van der Waals surface area contributed by atoms with Gasteiger partial charge in [-0.1, -0.05) is 25.8 Å². The van der Waals surface area contributed by atoms with E-state index in [2.05, 4.69) is 18.8 Å². The standard InChI is InChI=1S/C17H30N2O3/c1-4-7-8-10-22-15-12-13(17(20)21-6-3)11-14(16(15)18)19-9-5-2/h5,12,14-16,19H,2,4,6-11,18H2,1,3H3/t14-,15+,16+/m0/s1. The van der Waals surface area contributed by atoms with Gasteiger partial charge >= 0.3 is 5.97 Å². The quantitative estimate of drug-likeness (QED) is 0.366. The Balaban J connectivity index is 2.72. The van der Waals surface area contributed by atoms with Crippen molar-refractivity contribution in [3.05, 3.63) is 24.3 Å². The van der Waals surface area contributed by atoms with Crippen LogP contribution in [-0.2, 0) is 14.3 Å². The molecule has 5 heteroatoms. The average Bonchev–Trinajstić information content (AvgIpc) is 2.52. The fourth-order valence-electron chi connectivity index (χ4n) is 2.53. The molecule has 5 nitrogen and oxygen atoms in total. The van der Waals surface area contributed by atoms with Gasteiger partial charge < -0.3 is 20.5 Å². The lowest BCUT2D eigenvalue weighted by Crippen LogP contribution is -2.54. The van der Waals surface area contributed by atoms with Crippen molar-refractivity contribution >= 4 is 5.97 Å². The van der Waals surface area contributed by atoms with Gasteiger partial charge in [0.15, 0.2) is 0 Å². The van der Waals surface area contributed by atoms with Crippen molar-refractivity contribution in [2.45, 2.75) is 57.7 Å². The zero-order valence-corrected chi connectivity index (χ0v) is 13.8. The molecule has 0 saturated heterocycles. The van der Waals surface area contributed by atoms with Gasteiger partial charge in [0.05, 0.1) is 18.8 Å². The van der Waals surface area contributed by atoms with E-state index in [0.29, 0.717) is 31.8 Å². The molecule has 126 valence electrons. The molecule has 0 aromatic heterocycles. The van der Waals surface area contributed by atoms with Crippen LogP contribution < -0.4 is 11.1 Å². The van der Waals surface area contributed by atoms with E-state index < -0.39 is 0 Å². The number of esters is 1. The van der Waals surface area contributed by atoms with Gasteiger partial charge in [-0.2, -0.15) is 0 Å². The molecule has 0 spiro atoms. The molecule has 0 radical (unpaired) electrons. The van der Waals surface area contributed by atoms with Crippen molar-refractivity contribution in [2.24, 2.45) is 5.73 Å². The first-order chi connectivity index (χ1) is 10.6. The van der Waals surface area contributed by atoms with Gasteiger partial charge in [-0.25, -0.2) is 4.79 Å². The summed E-state index contributed by atoms with van der Waals surface area (Å²) in [5.74, 6) is -0.276. The smallest absolute Gasteiger partial charge is 0.333 e. The Hall–Kier alpha value is -1.17. The Morgan fingerprint density at radius 1 is 1.50 bits per heavy atom. The molecule has 0 amide bonds. The number of carbonyl (C=O) groups is 1. The zero-order valence-electron chi connectivity index (χ0n) is 13.8. The topological polar surface area (TPSA) is 73.6 Å². The van der Waals surface area contributed by atoms with Crippen LogP contribution in [0.5, 0.6) is 0 Å². The Bertz CT molecular complexity index is 382. The van der Waals surface area contributed by atoms with E-state index in [4.69, 9.17) is 15.2 Å². The number of ether oxygens (including phenoxy) is 2. The molecule has 0 saturated carbocycles. The number of unbranched alkanes of at least 4 members (excludes halogenated alkanes) is 2. The second-order valence-electron chi connectivity index (χ2n) is 5.54. The summed E-state index contributed by atoms with van der Waals surface area (Å²) in [7, 11) is 0. The van der Waals surface area contributed by atoms with Crippen molar-refractivity contribution < 1.29 is 14.3 Å². The van der Waals surface area contributed by atoms with Crippen LogP contribution in [-0.4, -0.2) is 43.9 Å². The maximum absolute atomic E-state index is 12.0. The first-order valence-corrected chi connectivity index (χ1v) is 8.23. The number of hydrogen-bond acceptors (Lipinski definition) is 5. The maximum Gasteiger partial charge on any atom is 0.333 e. The number of nitrogens with one attached hydrogen (secondary N) is 1. The van der Waals surface area contributed by atoms with Crippen LogP contribution in [0.1, 0.15) is 39.5 Å². The molecule has 0 bridgehead atoms. The normalized spacial score (nSPS) is 24.7. The fraction of sp³-hybridized carbons (Fsp3) is 0.706. The van der Waals surface area contributed by atoms with Crippen LogP contribution in [0.2, 0.25) is 0 Å². The Morgan fingerprint density at radius 3 is 2.91 bits per heavy atom. The average molecular weight is 310 g/mol. The first kappa shape index (κ1) is 18.9. The third-order valence-corrected chi connectivity index (χ3v) is 3.77. The summed E-state index contributed by atoms with van der Waals surface area (Å²) in [5, 5.41) is 3.31. The third kappa shape index (κ3) is 5.91. The minimum absolute atomic E-state index is 0.0152. The molecular weight excluding hydrogens is 280 g/mol. The monoisotopic (exact) mass is 310 g/mol. The van der Waals surface area contributed by atoms with Gasteiger partial charge in [0.1, 0.15) is 0 Å². The molecule has 1 aliphatic carbocycles. The summed E-state index contributed by atoms with van der Waals surface area (Å²) in [6, 6.07) is -0.196. The highest BCUT2D eigenvalue weighted by molar-refractivity contribution is 5.89. The SMILES string of the molecule is C=CCN[C@H]1CC(C(=O)OCC)=C[C@@H](OCCCCC)[C@@H]1N. The van der Waals surface area contributed by atoms with E-state index in [1.54, 1.807) is 13.0 Å². The maximum atomic E-state index is 12.0. The Kier molecular flexibility index (Phi) is 9.04. The summed E-state index contributed by atoms with van der Waals surface area (Å²) >= 11 is 0. The van der Waals surface area contributed by atoms with E-state index in [1.807, 2.05) is 6.08 Å². The van der Waals surface area contributed by atoms with Crippen molar-refractivity contribution in [3.8, 4) is 0 Å². The predicted octanol–water partition coefficient (Wildman–Crippen LogP) is 1.93. The Labute approximate surface area is 133 Å². The highest BCUT2D eigenvalue weighted by Crippen LogP contribution is 2.22. The summed E-state index contributed by atoms with van der Waals surface area (Å²) in [6.07, 6.45) is 7.21.